The second-order valence-electron chi connectivity index (χ2n) is 5.19. The van der Waals surface area contributed by atoms with Gasteiger partial charge in [-0.1, -0.05) is 11.8 Å². The number of thioether (sulfide) groups is 1. The van der Waals surface area contributed by atoms with Crippen molar-refractivity contribution in [3.8, 4) is 11.4 Å². The van der Waals surface area contributed by atoms with E-state index in [2.05, 4.69) is 15.5 Å². The molecule has 0 aliphatic carbocycles. The van der Waals surface area contributed by atoms with Crippen LogP contribution in [0.25, 0.3) is 5.69 Å². The number of nitro benzene ring substituents is 2. The van der Waals surface area contributed by atoms with Crippen LogP contribution < -0.4 is 4.74 Å². The first-order valence-electron chi connectivity index (χ1n) is 7.47. The molecule has 138 valence electrons. The molecule has 0 radical (unpaired) electrons. The van der Waals surface area contributed by atoms with E-state index in [-0.39, 0.29) is 17.1 Å². The zero-order chi connectivity index (χ0) is 19.4. The summed E-state index contributed by atoms with van der Waals surface area (Å²) in [5.41, 5.74) is 0.375. The fraction of sp³-hybridized carbons (Fsp3) is 0.133. The number of nitro groups is 2. The second-order valence-corrected chi connectivity index (χ2v) is 6.13. The monoisotopic (exact) mass is 388 g/mol. The molecule has 12 heteroatoms. The number of hydrogen-bond acceptors (Lipinski definition) is 9. The maximum absolute atomic E-state index is 11.2. The van der Waals surface area contributed by atoms with Crippen LogP contribution in [0.5, 0.6) is 5.75 Å². The van der Waals surface area contributed by atoms with Crippen LogP contribution in [-0.4, -0.2) is 37.2 Å². The van der Waals surface area contributed by atoms with E-state index in [1.54, 1.807) is 31.4 Å². The first-order chi connectivity index (χ1) is 13.0. The average molecular weight is 388 g/mol. The van der Waals surface area contributed by atoms with Gasteiger partial charge in [-0.2, -0.15) is 4.68 Å². The summed E-state index contributed by atoms with van der Waals surface area (Å²) in [6.07, 6.45) is 0. The average Bonchev–Trinajstić information content (AvgIpc) is 3.14. The number of hydrogen-bond donors (Lipinski definition) is 0. The maximum atomic E-state index is 11.2. The molecule has 0 bridgehead atoms. The highest BCUT2D eigenvalue weighted by Gasteiger charge is 2.20. The summed E-state index contributed by atoms with van der Waals surface area (Å²) in [5, 5.41) is 33.9. The van der Waals surface area contributed by atoms with E-state index in [0.717, 1.165) is 6.07 Å². The van der Waals surface area contributed by atoms with E-state index in [0.29, 0.717) is 22.2 Å². The lowest BCUT2D eigenvalue weighted by Crippen LogP contribution is -2.00. The highest BCUT2D eigenvalue weighted by atomic mass is 32.2. The number of aromatic nitrogens is 4. The fourth-order valence-corrected chi connectivity index (χ4v) is 3.14. The van der Waals surface area contributed by atoms with E-state index in [1.165, 1.54) is 28.6 Å². The molecule has 0 aliphatic heterocycles. The van der Waals surface area contributed by atoms with Gasteiger partial charge in [0.05, 0.1) is 28.7 Å². The molecule has 3 rings (SSSR count). The van der Waals surface area contributed by atoms with Crippen LogP contribution in [0.2, 0.25) is 0 Å². The van der Waals surface area contributed by atoms with Gasteiger partial charge in [0, 0.05) is 17.4 Å². The van der Waals surface area contributed by atoms with Gasteiger partial charge in [0.2, 0.25) is 5.16 Å². The van der Waals surface area contributed by atoms with Crippen molar-refractivity contribution in [2.75, 3.05) is 7.11 Å². The molecule has 0 aliphatic rings. The van der Waals surface area contributed by atoms with Crippen molar-refractivity contribution in [3.05, 3.63) is 68.3 Å². The minimum atomic E-state index is -0.672. The number of rotatable bonds is 7. The lowest BCUT2D eigenvalue weighted by atomic mass is 10.2. The molecule has 0 saturated carbocycles. The van der Waals surface area contributed by atoms with E-state index in [9.17, 15) is 20.2 Å². The molecule has 0 atom stereocenters. The Bertz CT molecular complexity index is 991. The zero-order valence-electron chi connectivity index (χ0n) is 13.9. The first-order valence-corrected chi connectivity index (χ1v) is 8.45. The molecular formula is C15H12N6O5S. The minimum absolute atomic E-state index is 0.171. The summed E-state index contributed by atoms with van der Waals surface area (Å²) in [6, 6.07) is 10.6. The predicted molar refractivity (Wildman–Crippen MR) is 95.0 cm³/mol. The Labute approximate surface area is 156 Å². The van der Waals surface area contributed by atoms with Crippen LogP contribution in [0, 0.1) is 20.2 Å². The lowest BCUT2D eigenvalue weighted by molar-refractivity contribution is -0.394. The van der Waals surface area contributed by atoms with Crippen molar-refractivity contribution in [3.63, 3.8) is 0 Å². The number of methoxy groups -OCH3 is 1. The van der Waals surface area contributed by atoms with Crippen LogP contribution in [0.15, 0.2) is 47.6 Å². The number of benzene rings is 2. The van der Waals surface area contributed by atoms with Gasteiger partial charge in [-0.25, -0.2) is 0 Å². The molecule has 1 heterocycles. The Kier molecular flexibility index (Phi) is 5.26. The molecule has 27 heavy (non-hydrogen) atoms. The topological polar surface area (TPSA) is 139 Å². The van der Waals surface area contributed by atoms with E-state index in [4.69, 9.17) is 4.74 Å². The largest absolute Gasteiger partial charge is 0.497 e. The van der Waals surface area contributed by atoms with E-state index < -0.39 is 9.85 Å². The van der Waals surface area contributed by atoms with Crippen LogP contribution in [0.4, 0.5) is 11.4 Å². The number of ether oxygens (including phenoxy) is 1. The smallest absolute Gasteiger partial charge is 0.280 e. The Morgan fingerprint density at radius 2 is 1.85 bits per heavy atom. The third-order valence-electron chi connectivity index (χ3n) is 3.59. The fourth-order valence-electron chi connectivity index (χ4n) is 2.25. The summed E-state index contributed by atoms with van der Waals surface area (Å²) in [5.74, 6) is 0.854. The van der Waals surface area contributed by atoms with Crippen molar-refractivity contribution in [2.24, 2.45) is 0 Å². The molecule has 0 unspecified atom stereocenters. The minimum Gasteiger partial charge on any atom is -0.497 e. The van der Waals surface area contributed by atoms with E-state index in [1.807, 2.05) is 0 Å². The molecule has 3 aromatic rings. The molecule has 0 N–H and O–H groups in total. The Morgan fingerprint density at radius 1 is 1.11 bits per heavy atom. The molecule has 2 aromatic carbocycles. The number of tetrazole rings is 1. The van der Waals surface area contributed by atoms with Gasteiger partial charge in [-0.3, -0.25) is 20.2 Å². The quantitative estimate of drug-likeness (QED) is 0.339. The van der Waals surface area contributed by atoms with Crippen molar-refractivity contribution < 1.29 is 14.6 Å². The summed E-state index contributed by atoms with van der Waals surface area (Å²) >= 11 is 1.18. The summed E-state index contributed by atoms with van der Waals surface area (Å²) in [7, 11) is 1.56. The second kappa shape index (κ2) is 7.78. The van der Waals surface area contributed by atoms with Gasteiger partial charge in [0.25, 0.3) is 11.4 Å². The van der Waals surface area contributed by atoms with Gasteiger partial charge in [0.15, 0.2) is 0 Å². The van der Waals surface area contributed by atoms with Gasteiger partial charge in [-0.15, -0.1) is 5.10 Å². The number of non-ortho nitro benzene ring substituents is 1. The predicted octanol–water partition coefficient (Wildman–Crippen LogP) is 2.78. The molecule has 0 saturated heterocycles. The van der Waals surface area contributed by atoms with Crippen LogP contribution in [0.3, 0.4) is 0 Å². The lowest BCUT2D eigenvalue weighted by Gasteiger charge is -2.06. The summed E-state index contributed by atoms with van der Waals surface area (Å²) in [6.45, 7) is 0. The zero-order valence-corrected chi connectivity index (χ0v) is 14.7. The molecule has 0 spiro atoms. The van der Waals surface area contributed by atoms with Gasteiger partial charge in [0.1, 0.15) is 5.75 Å². The first kappa shape index (κ1) is 18.3. The molecule has 11 nitrogen and oxygen atoms in total. The van der Waals surface area contributed by atoms with Crippen LogP contribution in [-0.2, 0) is 5.75 Å². The Morgan fingerprint density at radius 3 is 2.48 bits per heavy atom. The van der Waals surface area contributed by atoms with Crippen LogP contribution >= 0.6 is 11.8 Å². The number of nitrogens with zero attached hydrogens (tertiary/aromatic N) is 6. The highest BCUT2D eigenvalue weighted by molar-refractivity contribution is 7.98. The third kappa shape index (κ3) is 4.00. The van der Waals surface area contributed by atoms with Gasteiger partial charge in [-0.05, 0) is 40.8 Å². The Hall–Kier alpha value is -3.54. The SMILES string of the molecule is COc1ccc(-n2nnnc2SCc2ccc([N+](=O)[O-])cc2[N+](=O)[O-])cc1. The van der Waals surface area contributed by atoms with E-state index >= 15 is 0 Å². The van der Waals surface area contributed by atoms with Crippen molar-refractivity contribution in [1.29, 1.82) is 0 Å². The standard InChI is InChI=1S/C15H12N6O5S/c1-26-13-6-4-11(5-7-13)19-15(16-17-18-19)27-9-10-2-3-12(20(22)23)8-14(10)21(24)25/h2-8H,9H2,1H3. The van der Waals surface area contributed by atoms with Crippen molar-refractivity contribution in [2.45, 2.75) is 10.9 Å². The maximum Gasteiger partial charge on any atom is 0.280 e. The summed E-state index contributed by atoms with van der Waals surface area (Å²) < 4.78 is 6.59. The van der Waals surface area contributed by atoms with Crippen molar-refractivity contribution in [1.82, 2.24) is 20.2 Å². The Balaban J connectivity index is 1.83. The molecular weight excluding hydrogens is 376 g/mol. The van der Waals surface area contributed by atoms with Crippen LogP contribution in [0.1, 0.15) is 5.56 Å². The highest BCUT2D eigenvalue weighted by Crippen LogP contribution is 2.30. The van der Waals surface area contributed by atoms with Gasteiger partial charge < -0.3 is 4.74 Å². The molecule has 1 aromatic heterocycles. The third-order valence-corrected chi connectivity index (χ3v) is 4.56. The normalized spacial score (nSPS) is 10.6. The molecule has 0 amide bonds. The summed E-state index contributed by atoms with van der Waals surface area (Å²) in [4.78, 5) is 20.7. The molecule has 0 fully saturated rings. The van der Waals surface area contributed by atoms with Crippen molar-refractivity contribution >= 4 is 23.1 Å². The van der Waals surface area contributed by atoms with Gasteiger partial charge >= 0.3 is 0 Å².